The maximum atomic E-state index is 13.0. The van der Waals surface area contributed by atoms with Gasteiger partial charge < -0.3 is 5.73 Å². The summed E-state index contributed by atoms with van der Waals surface area (Å²) >= 11 is 3.25. The topological polar surface area (TPSA) is 26.0 Å². The van der Waals surface area contributed by atoms with E-state index < -0.39 is 0 Å². The fourth-order valence-corrected chi connectivity index (χ4v) is 1.64. The highest BCUT2D eigenvalue weighted by molar-refractivity contribution is 9.10. The predicted octanol–water partition coefficient (Wildman–Crippen LogP) is 3.08. The first-order chi connectivity index (χ1) is 6.06. The van der Waals surface area contributed by atoms with E-state index in [4.69, 9.17) is 5.73 Å². The first-order valence-electron chi connectivity index (χ1n) is 3.90. The average Bonchev–Trinajstić information content (AvgIpc) is 2.10. The van der Waals surface area contributed by atoms with Crippen molar-refractivity contribution in [2.75, 3.05) is 0 Å². The summed E-state index contributed by atoms with van der Waals surface area (Å²) in [5.41, 5.74) is 7.19. The number of rotatable bonds is 2. The van der Waals surface area contributed by atoms with Gasteiger partial charge in [-0.2, -0.15) is 0 Å². The lowest BCUT2D eigenvalue weighted by Gasteiger charge is -2.10. The molecule has 1 unspecified atom stereocenters. The number of aryl methyl sites for hydroxylation is 1. The molecule has 70 valence electrons. The summed E-state index contributed by atoms with van der Waals surface area (Å²) in [5.74, 6) is -0.230. The van der Waals surface area contributed by atoms with Crippen molar-refractivity contribution in [3.8, 4) is 0 Å². The molecule has 2 N–H and O–H groups in total. The monoisotopic (exact) mass is 243 g/mol. The van der Waals surface area contributed by atoms with Crippen LogP contribution in [-0.4, -0.2) is 0 Å². The van der Waals surface area contributed by atoms with Crippen molar-refractivity contribution in [2.24, 2.45) is 5.73 Å². The summed E-state index contributed by atoms with van der Waals surface area (Å²) in [5, 5.41) is 0. The molecule has 0 fully saturated rings. The van der Waals surface area contributed by atoms with Gasteiger partial charge in [0.25, 0.3) is 0 Å². The second-order valence-electron chi connectivity index (χ2n) is 2.88. The first-order valence-corrected chi connectivity index (χ1v) is 4.69. The molecule has 0 spiro atoms. The maximum absolute atomic E-state index is 13.0. The van der Waals surface area contributed by atoms with Crippen molar-refractivity contribution in [1.82, 2.24) is 0 Å². The molecule has 0 amide bonds. The number of nitrogens with two attached hydrogens (primary N) is 1. The largest absolute Gasteiger partial charge is 0.321 e. The van der Waals surface area contributed by atoms with Gasteiger partial charge in [0.05, 0.1) is 0 Å². The van der Waals surface area contributed by atoms with Crippen molar-refractivity contribution in [3.05, 3.63) is 46.2 Å². The highest BCUT2D eigenvalue weighted by Crippen LogP contribution is 2.25. The molecule has 0 radical (unpaired) electrons. The molecule has 1 atom stereocenters. The second kappa shape index (κ2) is 4.03. The maximum Gasteiger partial charge on any atom is 0.127 e. The van der Waals surface area contributed by atoms with Crippen LogP contribution in [0.4, 0.5) is 4.39 Å². The van der Waals surface area contributed by atoms with Gasteiger partial charge >= 0.3 is 0 Å². The lowest BCUT2D eigenvalue weighted by atomic mass is 10.1. The van der Waals surface area contributed by atoms with Crippen LogP contribution in [0.15, 0.2) is 29.3 Å². The van der Waals surface area contributed by atoms with Gasteiger partial charge in [0.15, 0.2) is 0 Å². The van der Waals surface area contributed by atoms with E-state index >= 15 is 0 Å². The molecular formula is C10H11BrFN. The molecule has 0 saturated carbocycles. The average molecular weight is 244 g/mol. The van der Waals surface area contributed by atoms with Gasteiger partial charge in [-0.25, -0.2) is 4.39 Å². The fraction of sp³-hybridized carbons (Fsp3) is 0.200. The summed E-state index contributed by atoms with van der Waals surface area (Å²) in [6.45, 7) is 5.30. The number of hydrogen-bond donors (Lipinski definition) is 1. The van der Waals surface area contributed by atoms with E-state index in [1.807, 2.05) is 0 Å². The van der Waals surface area contributed by atoms with Crippen molar-refractivity contribution < 1.29 is 4.39 Å². The van der Waals surface area contributed by atoms with E-state index in [9.17, 15) is 4.39 Å². The minimum Gasteiger partial charge on any atom is -0.321 e. The zero-order valence-electron chi connectivity index (χ0n) is 7.35. The molecule has 1 aromatic carbocycles. The van der Waals surface area contributed by atoms with E-state index in [0.717, 1.165) is 5.56 Å². The van der Waals surface area contributed by atoms with E-state index in [1.165, 1.54) is 6.07 Å². The third kappa shape index (κ3) is 2.17. The molecule has 1 aromatic rings. The minimum atomic E-state index is -0.256. The normalized spacial score (nSPS) is 12.6. The van der Waals surface area contributed by atoms with E-state index in [1.54, 1.807) is 19.1 Å². The fourth-order valence-electron chi connectivity index (χ4n) is 1.06. The first kappa shape index (κ1) is 10.4. The Morgan fingerprint density at radius 2 is 2.23 bits per heavy atom. The van der Waals surface area contributed by atoms with E-state index in [2.05, 4.69) is 22.5 Å². The second-order valence-corrected chi connectivity index (χ2v) is 3.74. The van der Waals surface area contributed by atoms with Gasteiger partial charge in [0.2, 0.25) is 0 Å². The summed E-state index contributed by atoms with van der Waals surface area (Å²) in [6, 6.07) is 2.90. The Hall–Kier alpha value is -0.670. The minimum absolute atomic E-state index is 0.230. The molecule has 0 heterocycles. The van der Waals surface area contributed by atoms with Gasteiger partial charge in [0.1, 0.15) is 5.82 Å². The molecule has 0 aromatic heterocycles. The SMILES string of the molecule is C=CC(N)c1cc(C)c(F)cc1Br. The van der Waals surface area contributed by atoms with Crippen LogP contribution in [0, 0.1) is 12.7 Å². The molecule has 1 rings (SSSR count). The Labute approximate surface area is 85.6 Å². The summed E-state index contributed by atoms with van der Waals surface area (Å²) in [4.78, 5) is 0. The number of halogens is 2. The van der Waals surface area contributed by atoms with Crippen LogP contribution in [0.25, 0.3) is 0 Å². The molecule has 0 saturated heterocycles. The Morgan fingerprint density at radius 3 is 2.77 bits per heavy atom. The lowest BCUT2D eigenvalue weighted by molar-refractivity contribution is 0.616. The number of benzene rings is 1. The van der Waals surface area contributed by atoms with Gasteiger partial charge in [-0.15, -0.1) is 6.58 Å². The third-order valence-electron chi connectivity index (χ3n) is 1.89. The van der Waals surface area contributed by atoms with Crippen LogP contribution in [0.5, 0.6) is 0 Å². The van der Waals surface area contributed by atoms with Gasteiger partial charge in [-0.3, -0.25) is 0 Å². The van der Waals surface area contributed by atoms with Crippen LogP contribution in [0.2, 0.25) is 0 Å². The van der Waals surface area contributed by atoms with Crippen molar-refractivity contribution >= 4 is 15.9 Å². The van der Waals surface area contributed by atoms with Crippen LogP contribution in [0.1, 0.15) is 17.2 Å². The Balaban J connectivity index is 3.22. The summed E-state index contributed by atoms with van der Waals surface area (Å²) in [6.07, 6.45) is 1.62. The predicted molar refractivity (Wildman–Crippen MR) is 56.0 cm³/mol. The smallest absolute Gasteiger partial charge is 0.127 e. The quantitative estimate of drug-likeness (QED) is 0.795. The molecular weight excluding hydrogens is 233 g/mol. The van der Waals surface area contributed by atoms with Crippen molar-refractivity contribution in [2.45, 2.75) is 13.0 Å². The van der Waals surface area contributed by atoms with Crippen LogP contribution >= 0.6 is 15.9 Å². The Kier molecular flexibility index (Phi) is 3.22. The Morgan fingerprint density at radius 1 is 1.62 bits per heavy atom. The molecule has 0 aliphatic heterocycles. The zero-order chi connectivity index (χ0) is 10.0. The van der Waals surface area contributed by atoms with Crippen LogP contribution < -0.4 is 5.73 Å². The lowest BCUT2D eigenvalue weighted by Crippen LogP contribution is -2.08. The summed E-state index contributed by atoms with van der Waals surface area (Å²) in [7, 11) is 0. The van der Waals surface area contributed by atoms with Crippen LogP contribution in [-0.2, 0) is 0 Å². The van der Waals surface area contributed by atoms with Gasteiger partial charge in [0, 0.05) is 10.5 Å². The third-order valence-corrected chi connectivity index (χ3v) is 2.58. The highest BCUT2D eigenvalue weighted by atomic mass is 79.9. The Bertz CT molecular complexity index is 336. The van der Waals surface area contributed by atoms with E-state index in [-0.39, 0.29) is 11.9 Å². The van der Waals surface area contributed by atoms with E-state index in [0.29, 0.717) is 10.0 Å². The van der Waals surface area contributed by atoms with Crippen LogP contribution in [0.3, 0.4) is 0 Å². The highest BCUT2D eigenvalue weighted by Gasteiger charge is 2.09. The number of hydrogen-bond acceptors (Lipinski definition) is 1. The molecule has 0 aliphatic rings. The van der Waals surface area contributed by atoms with Crippen molar-refractivity contribution in [1.29, 1.82) is 0 Å². The molecule has 3 heteroatoms. The van der Waals surface area contributed by atoms with Gasteiger partial charge in [-0.1, -0.05) is 28.1 Å². The standard InChI is InChI=1S/C10H11BrFN/c1-3-10(13)7-4-6(2)9(12)5-8(7)11/h3-5,10H,1,13H2,2H3. The van der Waals surface area contributed by atoms with Gasteiger partial charge in [-0.05, 0) is 24.1 Å². The molecule has 0 aliphatic carbocycles. The molecule has 0 bridgehead atoms. The summed E-state index contributed by atoms with van der Waals surface area (Å²) < 4.78 is 13.7. The molecule has 1 nitrogen and oxygen atoms in total. The molecule has 13 heavy (non-hydrogen) atoms. The zero-order valence-corrected chi connectivity index (χ0v) is 8.94. The van der Waals surface area contributed by atoms with Crippen molar-refractivity contribution in [3.63, 3.8) is 0 Å².